The lowest BCUT2D eigenvalue weighted by Gasteiger charge is -2.29. The van der Waals surface area contributed by atoms with Crippen molar-refractivity contribution in [2.75, 3.05) is 0 Å². The summed E-state index contributed by atoms with van der Waals surface area (Å²) < 4.78 is 5.05. The molecule has 2 rings (SSSR count). The minimum absolute atomic E-state index is 0.123. The van der Waals surface area contributed by atoms with Crippen LogP contribution in [0.5, 0.6) is 0 Å². The Morgan fingerprint density at radius 3 is 2.22 bits per heavy atom. The van der Waals surface area contributed by atoms with Crippen molar-refractivity contribution in [2.24, 2.45) is 5.92 Å². The molecule has 1 aromatic rings. The molecule has 0 aromatic heterocycles. The van der Waals surface area contributed by atoms with Crippen molar-refractivity contribution < 1.29 is 9.53 Å². The van der Waals surface area contributed by atoms with E-state index in [1.54, 1.807) is 0 Å². The van der Waals surface area contributed by atoms with Crippen molar-refractivity contribution in [2.45, 2.75) is 39.5 Å². The van der Waals surface area contributed by atoms with E-state index >= 15 is 0 Å². The standard InChI is InChI=1S/C14H16O2.C2H6/c1-10-9-12(13(15)16-10)14(2,3)11-7-5-4-6-8-11;1-2/h4-8,12H,1,9H2,2-3H3;1-2H3. The summed E-state index contributed by atoms with van der Waals surface area (Å²) in [6, 6.07) is 10.1. The zero-order chi connectivity index (χ0) is 13.8. The third-order valence-corrected chi connectivity index (χ3v) is 3.35. The molecule has 0 aliphatic carbocycles. The Bertz CT molecular complexity index is 418. The Labute approximate surface area is 110 Å². The molecule has 98 valence electrons. The predicted octanol–water partition coefficient (Wildman–Crippen LogP) is 4.07. The number of carbonyl (C=O) groups is 1. The van der Waals surface area contributed by atoms with Crippen LogP contribution in [0.1, 0.15) is 39.7 Å². The second kappa shape index (κ2) is 5.85. The number of benzene rings is 1. The van der Waals surface area contributed by atoms with Gasteiger partial charge in [-0.05, 0) is 5.56 Å². The fourth-order valence-corrected chi connectivity index (χ4v) is 2.18. The van der Waals surface area contributed by atoms with Gasteiger partial charge in [-0.2, -0.15) is 0 Å². The highest BCUT2D eigenvalue weighted by atomic mass is 16.5. The SMILES string of the molecule is C=C1CC(C(C)(C)c2ccccc2)C(=O)O1.CC. The summed E-state index contributed by atoms with van der Waals surface area (Å²) in [5.41, 5.74) is 0.948. The summed E-state index contributed by atoms with van der Waals surface area (Å²) in [5.74, 6) is 0.306. The topological polar surface area (TPSA) is 26.3 Å². The molecule has 1 heterocycles. The molecule has 1 unspecified atom stereocenters. The second-order valence-corrected chi connectivity index (χ2v) is 4.80. The van der Waals surface area contributed by atoms with Gasteiger partial charge >= 0.3 is 5.97 Å². The van der Waals surface area contributed by atoms with Gasteiger partial charge in [-0.1, -0.05) is 64.6 Å². The number of esters is 1. The molecule has 2 nitrogen and oxygen atoms in total. The van der Waals surface area contributed by atoms with E-state index in [4.69, 9.17) is 4.74 Å². The van der Waals surface area contributed by atoms with Crippen molar-refractivity contribution in [1.82, 2.24) is 0 Å². The number of rotatable bonds is 2. The molecule has 1 aromatic carbocycles. The van der Waals surface area contributed by atoms with Gasteiger partial charge in [0.2, 0.25) is 0 Å². The molecule has 18 heavy (non-hydrogen) atoms. The van der Waals surface area contributed by atoms with Gasteiger partial charge in [0.05, 0.1) is 5.92 Å². The number of carbonyl (C=O) groups excluding carboxylic acids is 1. The van der Waals surface area contributed by atoms with Crippen LogP contribution in [0.2, 0.25) is 0 Å². The van der Waals surface area contributed by atoms with Crippen LogP contribution in [0.4, 0.5) is 0 Å². The van der Waals surface area contributed by atoms with Crippen LogP contribution in [0.3, 0.4) is 0 Å². The Morgan fingerprint density at radius 1 is 1.22 bits per heavy atom. The Balaban J connectivity index is 0.000000771. The molecule has 0 N–H and O–H groups in total. The average Bonchev–Trinajstić information content (AvgIpc) is 2.73. The molecule has 0 spiro atoms. The lowest BCUT2D eigenvalue weighted by atomic mass is 9.72. The van der Waals surface area contributed by atoms with E-state index in [-0.39, 0.29) is 17.3 Å². The quantitative estimate of drug-likeness (QED) is 0.735. The fraction of sp³-hybridized carbons (Fsp3) is 0.438. The van der Waals surface area contributed by atoms with Gasteiger partial charge in [0.25, 0.3) is 0 Å². The first-order chi connectivity index (χ1) is 8.51. The number of allylic oxidation sites excluding steroid dienone is 1. The Hall–Kier alpha value is -1.57. The summed E-state index contributed by atoms with van der Waals surface area (Å²) >= 11 is 0. The van der Waals surface area contributed by atoms with Crippen molar-refractivity contribution in [1.29, 1.82) is 0 Å². The highest BCUT2D eigenvalue weighted by molar-refractivity contribution is 5.78. The molecular formula is C16H22O2. The monoisotopic (exact) mass is 246 g/mol. The third kappa shape index (κ3) is 2.81. The van der Waals surface area contributed by atoms with Crippen molar-refractivity contribution in [3.63, 3.8) is 0 Å². The zero-order valence-electron chi connectivity index (χ0n) is 11.7. The summed E-state index contributed by atoms with van der Waals surface area (Å²) in [7, 11) is 0. The van der Waals surface area contributed by atoms with Gasteiger partial charge in [0.15, 0.2) is 0 Å². The van der Waals surface area contributed by atoms with Crippen LogP contribution >= 0.6 is 0 Å². The smallest absolute Gasteiger partial charge is 0.315 e. The van der Waals surface area contributed by atoms with E-state index in [9.17, 15) is 4.79 Å². The predicted molar refractivity (Wildman–Crippen MR) is 74.2 cm³/mol. The molecule has 1 aliphatic rings. The largest absolute Gasteiger partial charge is 0.431 e. The first kappa shape index (κ1) is 14.5. The normalized spacial score (nSPS) is 19.0. The van der Waals surface area contributed by atoms with E-state index in [2.05, 4.69) is 20.4 Å². The van der Waals surface area contributed by atoms with Crippen molar-refractivity contribution in [3.8, 4) is 0 Å². The van der Waals surface area contributed by atoms with Crippen molar-refractivity contribution >= 4 is 5.97 Å². The van der Waals surface area contributed by atoms with E-state index < -0.39 is 0 Å². The first-order valence-electron chi connectivity index (χ1n) is 6.47. The number of ether oxygens (including phenoxy) is 1. The fourth-order valence-electron chi connectivity index (χ4n) is 2.18. The van der Waals surface area contributed by atoms with Crippen LogP contribution in [0, 0.1) is 5.92 Å². The van der Waals surface area contributed by atoms with Gasteiger partial charge in [0.1, 0.15) is 5.76 Å². The maximum absolute atomic E-state index is 11.7. The van der Waals surface area contributed by atoms with Crippen molar-refractivity contribution in [3.05, 3.63) is 48.2 Å². The van der Waals surface area contributed by atoms with Gasteiger partial charge in [-0.25, -0.2) is 0 Å². The molecule has 0 amide bonds. The summed E-state index contributed by atoms with van der Waals surface area (Å²) in [6.07, 6.45) is 0.626. The van der Waals surface area contributed by atoms with Crippen LogP contribution in [-0.2, 0) is 14.9 Å². The average molecular weight is 246 g/mol. The first-order valence-corrected chi connectivity index (χ1v) is 6.47. The summed E-state index contributed by atoms with van der Waals surface area (Å²) in [6.45, 7) is 11.9. The Kier molecular flexibility index (Phi) is 4.71. The molecule has 1 aliphatic heterocycles. The van der Waals surface area contributed by atoms with E-state index in [0.29, 0.717) is 12.2 Å². The molecule has 1 saturated heterocycles. The van der Waals surface area contributed by atoms with Crippen LogP contribution < -0.4 is 0 Å². The van der Waals surface area contributed by atoms with Crippen LogP contribution in [0.15, 0.2) is 42.7 Å². The minimum atomic E-state index is -0.211. The molecule has 0 saturated carbocycles. The minimum Gasteiger partial charge on any atom is -0.431 e. The van der Waals surface area contributed by atoms with Gasteiger partial charge in [0, 0.05) is 11.8 Å². The van der Waals surface area contributed by atoms with E-state index in [1.807, 2.05) is 44.2 Å². The number of cyclic esters (lactones) is 1. The van der Waals surface area contributed by atoms with E-state index in [0.717, 1.165) is 5.56 Å². The number of hydrogen-bond acceptors (Lipinski definition) is 2. The summed E-state index contributed by atoms with van der Waals surface area (Å²) in [5, 5.41) is 0. The zero-order valence-corrected chi connectivity index (χ0v) is 11.7. The highest BCUT2D eigenvalue weighted by Gasteiger charge is 2.42. The maximum atomic E-state index is 11.7. The summed E-state index contributed by atoms with van der Waals surface area (Å²) in [4.78, 5) is 11.7. The molecule has 0 bridgehead atoms. The lowest BCUT2D eigenvalue weighted by Crippen LogP contribution is -2.31. The molecular weight excluding hydrogens is 224 g/mol. The number of hydrogen-bond donors (Lipinski definition) is 0. The van der Waals surface area contributed by atoms with Crippen LogP contribution in [-0.4, -0.2) is 5.97 Å². The lowest BCUT2D eigenvalue weighted by molar-refractivity contribution is -0.140. The maximum Gasteiger partial charge on any atom is 0.315 e. The van der Waals surface area contributed by atoms with Gasteiger partial charge in [-0.3, -0.25) is 4.79 Å². The highest BCUT2D eigenvalue weighted by Crippen LogP contribution is 2.40. The molecule has 1 fully saturated rings. The second-order valence-electron chi connectivity index (χ2n) is 4.80. The molecule has 1 atom stereocenters. The van der Waals surface area contributed by atoms with E-state index in [1.165, 1.54) is 0 Å². The molecule has 2 heteroatoms. The van der Waals surface area contributed by atoms with Crippen LogP contribution in [0.25, 0.3) is 0 Å². The van der Waals surface area contributed by atoms with Gasteiger partial charge in [-0.15, -0.1) is 0 Å². The molecule has 0 radical (unpaired) electrons. The third-order valence-electron chi connectivity index (χ3n) is 3.35. The Morgan fingerprint density at radius 2 is 1.78 bits per heavy atom. The van der Waals surface area contributed by atoms with Gasteiger partial charge < -0.3 is 4.74 Å².